The number of ether oxygens (including phenoxy) is 2. The Hall–Kier alpha value is -2.38. The minimum atomic E-state index is -0.891. The topological polar surface area (TPSA) is 111 Å². The molecular weight excluding hydrogens is 268 g/mol. The molecule has 0 aromatic heterocycles. The van der Waals surface area contributed by atoms with Crippen LogP contribution in [-0.4, -0.2) is 43.1 Å². The van der Waals surface area contributed by atoms with Gasteiger partial charge >= 0.3 is 18.0 Å². The molecule has 0 fully saturated rings. The van der Waals surface area contributed by atoms with Crippen LogP contribution in [0.4, 0.5) is 4.79 Å². The second-order valence-corrected chi connectivity index (χ2v) is 3.87. The predicted molar refractivity (Wildman–Crippen MR) is 68.5 cm³/mol. The summed E-state index contributed by atoms with van der Waals surface area (Å²) in [7, 11) is 0. The van der Waals surface area contributed by atoms with Crippen LogP contribution >= 0.6 is 0 Å². The molecule has 0 heterocycles. The van der Waals surface area contributed by atoms with Gasteiger partial charge in [0.25, 0.3) is 5.91 Å². The Bertz CT molecular complexity index is 403. The molecule has 8 heteroatoms. The normalized spacial score (nSPS) is 10.2. The molecule has 0 atom stereocenters. The summed E-state index contributed by atoms with van der Waals surface area (Å²) < 4.78 is 9.05. The van der Waals surface area contributed by atoms with Crippen molar-refractivity contribution in [3.8, 4) is 0 Å². The van der Waals surface area contributed by atoms with Crippen LogP contribution in [0.2, 0.25) is 0 Å². The summed E-state index contributed by atoms with van der Waals surface area (Å²) in [4.78, 5) is 44.4. The zero-order chi connectivity index (χ0) is 15.5. The van der Waals surface area contributed by atoms with Gasteiger partial charge in [-0.1, -0.05) is 0 Å². The van der Waals surface area contributed by atoms with Crippen molar-refractivity contribution in [3.05, 3.63) is 12.2 Å². The van der Waals surface area contributed by atoms with Gasteiger partial charge in [-0.15, -0.1) is 0 Å². The summed E-state index contributed by atoms with van der Waals surface area (Å²) in [6.07, 6.45) is 1.72. The lowest BCUT2D eigenvalue weighted by Crippen LogP contribution is -2.44. The third-order valence-electron chi connectivity index (χ3n) is 1.66. The summed E-state index contributed by atoms with van der Waals surface area (Å²) in [6.45, 7) is 4.63. The molecule has 0 aliphatic heterocycles. The van der Waals surface area contributed by atoms with Crippen molar-refractivity contribution in [1.29, 1.82) is 0 Å². The maximum atomic E-state index is 11.2. The van der Waals surface area contributed by atoms with E-state index in [9.17, 15) is 19.2 Å². The lowest BCUT2D eigenvalue weighted by molar-refractivity contribution is -0.144. The van der Waals surface area contributed by atoms with Crippen LogP contribution in [0, 0.1) is 0 Å². The van der Waals surface area contributed by atoms with Crippen LogP contribution in [0.1, 0.15) is 20.8 Å². The van der Waals surface area contributed by atoms with Gasteiger partial charge in [0.05, 0.1) is 6.61 Å². The SMILES string of the molecule is CCOC(=O)/C=C/C(=O)OCC(=O)NC(=O)NC(C)C. The van der Waals surface area contributed by atoms with Crippen LogP contribution in [0.15, 0.2) is 12.2 Å². The lowest BCUT2D eigenvalue weighted by Gasteiger charge is -2.08. The molecule has 0 aromatic carbocycles. The highest BCUT2D eigenvalue weighted by Crippen LogP contribution is 1.86. The van der Waals surface area contributed by atoms with Crippen molar-refractivity contribution in [2.45, 2.75) is 26.8 Å². The highest BCUT2D eigenvalue weighted by molar-refractivity contribution is 5.97. The quantitative estimate of drug-likeness (QED) is 0.520. The molecule has 0 rings (SSSR count). The third-order valence-corrected chi connectivity index (χ3v) is 1.66. The van der Waals surface area contributed by atoms with Crippen molar-refractivity contribution in [2.75, 3.05) is 13.2 Å². The van der Waals surface area contributed by atoms with Crippen molar-refractivity contribution in [3.63, 3.8) is 0 Å². The number of carbonyl (C=O) groups excluding carboxylic acids is 4. The third kappa shape index (κ3) is 9.63. The Labute approximate surface area is 116 Å². The molecule has 0 spiro atoms. The van der Waals surface area contributed by atoms with E-state index in [0.717, 1.165) is 12.2 Å². The number of amides is 3. The molecule has 0 saturated carbocycles. The van der Waals surface area contributed by atoms with Gasteiger partial charge in [-0.2, -0.15) is 0 Å². The second-order valence-electron chi connectivity index (χ2n) is 3.87. The average molecular weight is 286 g/mol. The van der Waals surface area contributed by atoms with Crippen molar-refractivity contribution in [2.24, 2.45) is 0 Å². The summed E-state index contributed by atoms with van der Waals surface area (Å²) in [5, 5.41) is 4.40. The number of nitrogens with one attached hydrogen (secondary N) is 2. The Morgan fingerprint density at radius 1 is 1.05 bits per heavy atom. The first-order chi connectivity index (χ1) is 9.35. The largest absolute Gasteiger partial charge is 0.463 e. The van der Waals surface area contributed by atoms with E-state index in [2.05, 4.69) is 14.8 Å². The van der Waals surface area contributed by atoms with Crippen LogP contribution in [0.25, 0.3) is 0 Å². The minimum absolute atomic E-state index is 0.127. The van der Waals surface area contributed by atoms with Crippen molar-refractivity contribution in [1.82, 2.24) is 10.6 Å². The number of rotatable bonds is 6. The van der Waals surface area contributed by atoms with E-state index in [0.29, 0.717) is 0 Å². The van der Waals surface area contributed by atoms with Crippen molar-refractivity contribution < 1.29 is 28.7 Å². The fourth-order valence-corrected chi connectivity index (χ4v) is 0.972. The number of esters is 2. The first kappa shape index (κ1) is 17.6. The van der Waals surface area contributed by atoms with Crippen LogP contribution in [-0.2, 0) is 23.9 Å². The summed E-state index contributed by atoms with van der Waals surface area (Å²) in [5.74, 6) is -2.36. The fraction of sp³-hybridized carbons (Fsp3) is 0.500. The minimum Gasteiger partial charge on any atom is -0.463 e. The molecule has 3 amide bonds. The van der Waals surface area contributed by atoms with E-state index in [1.807, 2.05) is 5.32 Å². The number of hydrogen-bond donors (Lipinski definition) is 2. The fourth-order valence-electron chi connectivity index (χ4n) is 0.972. The lowest BCUT2D eigenvalue weighted by atomic mass is 10.4. The zero-order valence-electron chi connectivity index (χ0n) is 11.6. The van der Waals surface area contributed by atoms with Gasteiger partial charge in [-0.3, -0.25) is 10.1 Å². The second kappa shape index (κ2) is 9.54. The molecule has 0 saturated heterocycles. The van der Waals surface area contributed by atoms with Gasteiger partial charge in [-0.25, -0.2) is 14.4 Å². The van der Waals surface area contributed by atoms with Gasteiger partial charge in [0.1, 0.15) is 0 Å². The highest BCUT2D eigenvalue weighted by Gasteiger charge is 2.10. The maximum absolute atomic E-state index is 11.2. The molecule has 2 N–H and O–H groups in total. The molecule has 0 unspecified atom stereocenters. The Morgan fingerprint density at radius 2 is 1.60 bits per heavy atom. The number of carbonyl (C=O) groups is 4. The average Bonchev–Trinajstić information content (AvgIpc) is 2.33. The number of hydrogen-bond acceptors (Lipinski definition) is 6. The standard InChI is InChI=1S/C12H18N2O6/c1-4-19-10(16)5-6-11(17)20-7-9(15)14-12(18)13-8(2)3/h5-6,8H,4,7H2,1-3H3,(H2,13,14,15,18)/b6-5+. The van der Waals surface area contributed by atoms with Crippen LogP contribution in [0.3, 0.4) is 0 Å². The van der Waals surface area contributed by atoms with E-state index >= 15 is 0 Å². The van der Waals surface area contributed by atoms with Gasteiger partial charge in [-0.05, 0) is 20.8 Å². The van der Waals surface area contributed by atoms with E-state index in [1.54, 1.807) is 20.8 Å². The van der Waals surface area contributed by atoms with Gasteiger partial charge in [0, 0.05) is 18.2 Å². The van der Waals surface area contributed by atoms with Crippen LogP contribution < -0.4 is 10.6 Å². The zero-order valence-corrected chi connectivity index (χ0v) is 11.6. The Balaban J connectivity index is 3.97. The Kier molecular flexibility index (Phi) is 8.40. The van der Waals surface area contributed by atoms with E-state index in [4.69, 9.17) is 0 Å². The molecule has 0 bridgehead atoms. The van der Waals surface area contributed by atoms with Gasteiger partial charge in [0.15, 0.2) is 6.61 Å². The summed E-state index contributed by atoms with van der Waals surface area (Å²) >= 11 is 0. The van der Waals surface area contributed by atoms with E-state index < -0.39 is 30.5 Å². The summed E-state index contributed by atoms with van der Waals surface area (Å²) in [5.41, 5.74) is 0. The molecule has 0 aliphatic carbocycles. The smallest absolute Gasteiger partial charge is 0.331 e. The van der Waals surface area contributed by atoms with Crippen LogP contribution in [0.5, 0.6) is 0 Å². The highest BCUT2D eigenvalue weighted by atomic mass is 16.5. The first-order valence-corrected chi connectivity index (χ1v) is 5.97. The Morgan fingerprint density at radius 3 is 2.10 bits per heavy atom. The molecular formula is C12H18N2O6. The van der Waals surface area contributed by atoms with Gasteiger partial charge < -0.3 is 14.8 Å². The molecule has 0 aromatic rings. The van der Waals surface area contributed by atoms with Gasteiger partial charge in [0.2, 0.25) is 0 Å². The molecule has 0 radical (unpaired) electrons. The predicted octanol–water partition coefficient (Wildman–Crippen LogP) is -0.117. The molecule has 20 heavy (non-hydrogen) atoms. The molecule has 0 aliphatic rings. The number of imide groups is 1. The first-order valence-electron chi connectivity index (χ1n) is 5.97. The maximum Gasteiger partial charge on any atom is 0.331 e. The molecule has 8 nitrogen and oxygen atoms in total. The summed E-state index contributed by atoms with van der Waals surface area (Å²) in [6, 6.07) is -0.805. The molecule has 112 valence electrons. The van der Waals surface area contributed by atoms with Crippen molar-refractivity contribution >= 4 is 23.9 Å². The monoisotopic (exact) mass is 286 g/mol. The number of urea groups is 1. The van der Waals surface area contributed by atoms with E-state index in [-0.39, 0.29) is 12.6 Å². The van der Waals surface area contributed by atoms with E-state index in [1.165, 1.54) is 0 Å².